The molecule has 5 nitrogen and oxygen atoms in total. The predicted molar refractivity (Wildman–Crippen MR) is 110 cm³/mol. The Kier molecular flexibility index (Phi) is 4.56. The van der Waals surface area contributed by atoms with Gasteiger partial charge >= 0.3 is 0 Å². The molecule has 1 aliphatic carbocycles. The number of nitrogen functional groups attached to an aromatic ring is 1. The van der Waals surface area contributed by atoms with E-state index in [1.54, 1.807) is 0 Å². The predicted octanol–water partition coefficient (Wildman–Crippen LogP) is 4.74. The molecule has 1 heterocycles. The molecule has 27 heavy (non-hydrogen) atoms. The van der Waals surface area contributed by atoms with Gasteiger partial charge in [0.25, 0.3) is 5.56 Å². The van der Waals surface area contributed by atoms with E-state index in [9.17, 15) is 4.79 Å². The van der Waals surface area contributed by atoms with Crippen molar-refractivity contribution >= 4 is 28.5 Å². The summed E-state index contributed by atoms with van der Waals surface area (Å²) in [5, 5.41) is 1.11. The minimum absolute atomic E-state index is 0.122. The fourth-order valence-corrected chi connectivity index (χ4v) is 3.39. The SMILES string of the molecule is CC(C)c1cc2nc(N)[nH]c(=O)c2cc1-c1ccc(Cl)c(OCC2CC2)c1. The average Bonchev–Trinajstić information content (AvgIpc) is 3.44. The van der Waals surface area contributed by atoms with Gasteiger partial charge in [-0.25, -0.2) is 4.98 Å². The third kappa shape index (κ3) is 3.65. The number of hydrogen-bond acceptors (Lipinski definition) is 4. The largest absolute Gasteiger partial charge is 0.492 e. The molecular formula is C21H22ClN3O2. The molecule has 0 amide bonds. The first kappa shape index (κ1) is 17.9. The van der Waals surface area contributed by atoms with Crippen LogP contribution in [0.4, 0.5) is 5.95 Å². The first-order valence-electron chi connectivity index (χ1n) is 9.18. The quantitative estimate of drug-likeness (QED) is 0.666. The standard InChI is InChI=1S/C21H22ClN3O2/c1-11(2)14-9-18-16(20(26)25-21(23)24-18)8-15(14)13-5-6-17(22)19(7-13)27-10-12-3-4-12/h5-9,11-12H,3-4,10H2,1-2H3,(H3,23,24,25,26). The van der Waals surface area contributed by atoms with Crippen molar-refractivity contribution in [1.82, 2.24) is 9.97 Å². The molecule has 0 bridgehead atoms. The Hall–Kier alpha value is -2.53. The zero-order valence-electron chi connectivity index (χ0n) is 15.4. The summed E-state index contributed by atoms with van der Waals surface area (Å²) in [6, 6.07) is 9.58. The van der Waals surface area contributed by atoms with Crippen LogP contribution in [0, 0.1) is 5.92 Å². The van der Waals surface area contributed by atoms with Crippen LogP contribution in [0.1, 0.15) is 38.2 Å². The summed E-state index contributed by atoms with van der Waals surface area (Å²) in [5.41, 5.74) is 9.09. The lowest BCUT2D eigenvalue weighted by molar-refractivity contribution is 0.300. The lowest BCUT2D eigenvalue weighted by atomic mass is 9.91. The number of aromatic amines is 1. The van der Waals surface area contributed by atoms with Crippen LogP contribution >= 0.6 is 11.6 Å². The molecule has 0 unspecified atom stereocenters. The van der Waals surface area contributed by atoms with Gasteiger partial charge in [0.15, 0.2) is 0 Å². The third-order valence-corrected chi connectivity index (χ3v) is 5.24. The molecule has 0 spiro atoms. The number of anilines is 1. The maximum absolute atomic E-state index is 12.3. The Labute approximate surface area is 162 Å². The highest BCUT2D eigenvalue weighted by Crippen LogP contribution is 2.37. The van der Waals surface area contributed by atoms with Gasteiger partial charge in [-0.2, -0.15) is 0 Å². The maximum atomic E-state index is 12.3. The topological polar surface area (TPSA) is 81.0 Å². The molecule has 4 rings (SSSR count). The molecule has 0 atom stereocenters. The molecule has 0 aliphatic heterocycles. The van der Waals surface area contributed by atoms with Gasteiger partial charge in [0, 0.05) is 0 Å². The number of aromatic nitrogens is 2. The highest BCUT2D eigenvalue weighted by atomic mass is 35.5. The summed E-state index contributed by atoms with van der Waals surface area (Å²) < 4.78 is 5.92. The number of ether oxygens (including phenoxy) is 1. The molecule has 0 radical (unpaired) electrons. The van der Waals surface area contributed by atoms with Crippen LogP contribution in [0.5, 0.6) is 5.75 Å². The summed E-state index contributed by atoms with van der Waals surface area (Å²) in [6.07, 6.45) is 2.44. The van der Waals surface area contributed by atoms with Gasteiger partial charge in [0.2, 0.25) is 5.95 Å². The normalized spacial score (nSPS) is 14.1. The lowest BCUT2D eigenvalue weighted by Crippen LogP contribution is -2.12. The van der Waals surface area contributed by atoms with Crippen LogP contribution in [-0.2, 0) is 0 Å². The van der Waals surface area contributed by atoms with Crippen molar-refractivity contribution in [2.45, 2.75) is 32.6 Å². The van der Waals surface area contributed by atoms with Crippen LogP contribution in [0.3, 0.4) is 0 Å². The van der Waals surface area contributed by atoms with Crippen LogP contribution in [0.2, 0.25) is 5.02 Å². The van der Waals surface area contributed by atoms with E-state index in [1.165, 1.54) is 12.8 Å². The Morgan fingerprint density at radius 2 is 2.07 bits per heavy atom. The highest BCUT2D eigenvalue weighted by Gasteiger charge is 2.22. The van der Waals surface area contributed by atoms with E-state index in [2.05, 4.69) is 23.8 Å². The molecule has 3 N–H and O–H groups in total. The Morgan fingerprint density at radius 3 is 2.78 bits per heavy atom. The van der Waals surface area contributed by atoms with Gasteiger partial charge in [-0.15, -0.1) is 0 Å². The van der Waals surface area contributed by atoms with E-state index >= 15 is 0 Å². The molecule has 1 fully saturated rings. The summed E-state index contributed by atoms with van der Waals surface area (Å²) in [7, 11) is 0. The van der Waals surface area contributed by atoms with E-state index in [0.717, 1.165) is 16.7 Å². The molecule has 1 saturated carbocycles. The Balaban J connectivity index is 1.85. The monoisotopic (exact) mass is 383 g/mol. The second kappa shape index (κ2) is 6.89. The number of benzene rings is 2. The van der Waals surface area contributed by atoms with Crippen molar-refractivity contribution in [2.75, 3.05) is 12.3 Å². The molecular weight excluding hydrogens is 362 g/mol. The van der Waals surface area contributed by atoms with Crippen LogP contribution < -0.4 is 16.0 Å². The van der Waals surface area contributed by atoms with Crippen molar-refractivity contribution in [3.05, 3.63) is 51.3 Å². The number of nitrogens with two attached hydrogens (primary N) is 1. The molecule has 0 saturated heterocycles. The van der Waals surface area contributed by atoms with E-state index < -0.39 is 0 Å². The fourth-order valence-electron chi connectivity index (χ4n) is 3.22. The number of nitrogens with one attached hydrogen (secondary N) is 1. The van der Waals surface area contributed by atoms with E-state index in [0.29, 0.717) is 34.2 Å². The van der Waals surface area contributed by atoms with Gasteiger partial charge < -0.3 is 10.5 Å². The highest BCUT2D eigenvalue weighted by molar-refractivity contribution is 6.32. The smallest absolute Gasteiger partial charge is 0.260 e. The van der Waals surface area contributed by atoms with Gasteiger partial charge in [0.05, 0.1) is 22.5 Å². The number of fused-ring (bicyclic) bond motifs is 1. The van der Waals surface area contributed by atoms with Gasteiger partial charge in [-0.3, -0.25) is 9.78 Å². The summed E-state index contributed by atoms with van der Waals surface area (Å²) >= 11 is 6.32. The maximum Gasteiger partial charge on any atom is 0.260 e. The van der Waals surface area contributed by atoms with E-state index in [-0.39, 0.29) is 17.4 Å². The Morgan fingerprint density at radius 1 is 1.30 bits per heavy atom. The van der Waals surface area contributed by atoms with Crippen molar-refractivity contribution in [2.24, 2.45) is 5.92 Å². The minimum Gasteiger partial charge on any atom is -0.492 e. The first-order chi connectivity index (χ1) is 12.9. The van der Waals surface area contributed by atoms with E-state index in [1.807, 2.05) is 30.3 Å². The summed E-state index contributed by atoms with van der Waals surface area (Å²) in [6.45, 7) is 4.92. The second-order valence-corrected chi connectivity index (χ2v) is 7.87. The summed E-state index contributed by atoms with van der Waals surface area (Å²) in [5.74, 6) is 1.70. The van der Waals surface area contributed by atoms with Gasteiger partial charge in [-0.05, 0) is 65.6 Å². The average molecular weight is 384 g/mol. The zero-order valence-corrected chi connectivity index (χ0v) is 16.1. The summed E-state index contributed by atoms with van der Waals surface area (Å²) in [4.78, 5) is 19.2. The van der Waals surface area contributed by atoms with Crippen molar-refractivity contribution in [1.29, 1.82) is 0 Å². The minimum atomic E-state index is -0.242. The molecule has 1 aliphatic rings. The molecule has 2 aromatic carbocycles. The Bertz CT molecular complexity index is 1070. The van der Waals surface area contributed by atoms with Gasteiger partial charge in [-0.1, -0.05) is 31.5 Å². The van der Waals surface area contributed by atoms with Crippen LogP contribution in [0.25, 0.3) is 22.0 Å². The fraction of sp³-hybridized carbons (Fsp3) is 0.333. The van der Waals surface area contributed by atoms with Gasteiger partial charge in [0.1, 0.15) is 5.75 Å². The number of H-pyrrole nitrogens is 1. The number of nitrogens with zero attached hydrogens (tertiary/aromatic N) is 1. The molecule has 3 aromatic rings. The van der Waals surface area contributed by atoms with Crippen LogP contribution in [0.15, 0.2) is 35.1 Å². The third-order valence-electron chi connectivity index (χ3n) is 4.93. The number of hydrogen-bond donors (Lipinski definition) is 2. The zero-order chi connectivity index (χ0) is 19.1. The molecule has 1 aromatic heterocycles. The number of rotatable bonds is 5. The van der Waals surface area contributed by atoms with Crippen molar-refractivity contribution < 1.29 is 4.74 Å². The second-order valence-electron chi connectivity index (χ2n) is 7.46. The first-order valence-corrected chi connectivity index (χ1v) is 9.56. The van der Waals surface area contributed by atoms with Crippen molar-refractivity contribution in [3.8, 4) is 16.9 Å². The van der Waals surface area contributed by atoms with Crippen molar-refractivity contribution in [3.63, 3.8) is 0 Å². The number of halogens is 1. The lowest BCUT2D eigenvalue weighted by Gasteiger charge is -2.16. The van der Waals surface area contributed by atoms with E-state index in [4.69, 9.17) is 22.1 Å². The molecule has 6 heteroatoms. The molecule has 140 valence electrons. The van der Waals surface area contributed by atoms with Crippen LogP contribution in [-0.4, -0.2) is 16.6 Å².